The van der Waals surface area contributed by atoms with Crippen molar-refractivity contribution >= 4 is 17.0 Å². The van der Waals surface area contributed by atoms with Gasteiger partial charge in [-0.05, 0) is 6.42 Å². The molecule has 9 heteroatoms. The van der Waals surface area contributed by atoms with Crippen molar-refractivity contribution in [2.45, 2.75) is 31.0 Å². The summed E-state index contributed by atoms with van der Waals surface area (Å²) in [6, 6.07) is 0. The smallest absolute Gasteiger partial charge is 0.167 e. The summed E-state index contributed by atoms with van der Waals surface area (Å²) >= 11 is 0. The number of imidazole rings is 1. The van der Waals surface area contributed by atoms with Gasteiger partial charge in [0.25, 0.3) is 0 Å². The van der Waals surface area contributed by atoms with E-state index in [1.807, 2.05) is 0 Å². The summed E-state index contributed by atoms with van der Waals surface area (Å²) in [6.45, 7) is -0.138. The monoisotopic (exact) mass is 281 g/mol. The first-order valence-electron chi connectivity index (χ1n) is 6.19. The van der Waals surface area contributed by atoms with Gasteiger partial charge < -0.3 is 25.8 Å². The summed E-state index contributed by atoms with van der Waals surface area (Å²) in [6.07, 6.45) is -0.740. The van der Waals surface area contributed by atoms with Gasteiger partial charge in [-0.2, -0.15) is 0 Å². The zero-order valence-corrected chi connectivity index (χ0v) is 10.5. The van der Waals surface area contributed by atoms with Gasteiger partial charge >= 0.3 is 0 Å². The molecule has 3 heterocycles. The minimum atomic E-state index is -1.14. The van der Waals surface area contributed by atoms with Crippen LogP contribution in [0.4, 0.5) is 5.82 Å². The number of anilines is 1. The van der Waals surface area contributed by atoms with Gasteiger partial charge in [-0.3, -0.25) is 4.57 Å². The molecule has 0 spiro atoms. The maximum Gasteiger partial charge on any atom is 0.167 e. The van der Waals surface area contributed by atoms with Crippen molar-refractivity contribution in [3.05, 3.63) is 12.7 Å². The van der Waals surface area contributed by atoms with E-state index in [0.717, 1.165) is 0 Å². The Hall–Kier alpha value is -1.81. The van der Waals surface area contributed by atoms with Gasteiger partial charge in [-0.25, -0.2) is 15.0 Å². The van der Waals surface area contributed by atoms with Crippen LogP contribution in [0.15, 0.2) is 12.7 Å². The van der Waals surface area contributed by atoms with Crippen LogP contribution in [0.5, 0.6) is 0 Å². The predicted octanol–water partition coefficient (Wildman–Crippen LogP) is -1.59. The summed E-state index contributed by atoms with van der Waals surface area (Å²) in [5.41, 5.74) is 6.51. The molecule has 0 saturated carbocycles. The number of aliphatic hydroxyl groups is 3. The molecule has 5 N–H and O–H groups in total. The molecule has 4 unspecified atom stereocenters. The molecule has 1 aliphatic heterocycles. The molecule has 4 atom stereocenters. The molecular weight excluding hydrogens is 266 g/mol. The molecule has 0 aromatic carbocycles. The predicted molar refractivity (Wildman–Crippen MR) is 67.4 cm³/mol. The summed E-state index contributed by atoms with van der Waals surface area (Å²) in [7, 11) is 0. The lowest BCUT2D eigenvalue weighted by molar-refractivity contribution is -0.0405. The van der Waals surface area contributed by atoms with Gasteiger partial charge in [0, 0.05) is 6.61 Å². The first-order valence-corrected chi connectivity index (χ1v) is 6.19. The number of ether oxygens (including phenoxy) is 1. The minimum absolute atomic E-state index is 0.138. The number of hydrogen-bond donors (Lipinski definition) is 4. The molecule has 9 nitrogen and oxygen atoms in total. The van der Waals surface area contributed by atoms with Gasteiger partial charge in [0.15, 0.2) is 17.7 Å². The van der Waals surface area contributed by atoms with E-state index in [0.29, 0.717) is 11.2 Å². The van der Waals surface area contributed by atoms with Crippen molar-refractivity contribution in [2.24, 2.45) is 0 Å². The molecule has 20 heavy (non-hydrogen) atoms. The highest BCUT2D eigenvalue weighted by atomic mass is 16.6. The van der Waals surface area contributed by atoms with Crippen LogP contribution in [0.3, 0.4) is 0 Å². The average molecular weight is 281 g/mol. The molecule has 108 valence electrons. The fourth-order valence-corrected chi connectivity index (χ4v) is 2.38. The number of rotatable bonds is 3. The number of hydrogen-bond acceptors (Lipinski definition) is 8. The number of nitrogens with two attached hydrogens (primary N) is 1. The lowest BCUT2D eigenvalue weighted by Gasteiger charge is -2.16. The van der Waals surface area contributed by atoms with Crippen molar-refractivity contribution in [2.75, 3.05) is 12.3 Å². The van der Waals surface area contributed by atoms with Crippen LogP contribution < -0.4 is 5.73 Å². The fraction of sp³-hybridized carbons (Fsp3) is 0.545. The molecule has 2 aromatic rings. The van der Waals surface area contributed by atoms with Gasteiger partial charge in [-0.1, -0.05) is 0 Å². The Balaban J connectivity index is 1.97. The second kappa shape index (κ2) is 4.94. The van der Waals surface area contributed by atoms with Crippen molar-refractivity contribution in [1.29, 1.82) is 0 Å². The zero-order valence-electron chi connectivity index (χ0n) is 10.5. The number of nitrogens with zero attached hydrogens (tertiary/aromatic N) is 4. The molecule has 1 aliphatic rings. The number of fused-ring (bicyclic) bond motifs is 1. The third-order valence-electron chi connectivity index (χ3n) is 3.41. The Morgan fingerprint density at radius 2 is 2.05 bits per heavy atom. The standard InChI is InChI=1S/C11H15N5O4/c12-9-6-10(14-3-13-9)16(4-15-6)11-8(19)7(18)5(20-11)1-2-17/h3-5,7-8,11,17-19H,1-2H2,(H2,12,13,14). The molecular formula is C11H15N5O4. The Morgan fingerprint density at radius 1 is 1.25 bits per heavy atom. The van der Waals surface area contributed by atoms with Gasteiger partial charge in [0.05, 0.1) is 12.4 Å². The van der Waals surface area contributed by atoms with Gasteiger partial charge in [-0.15, -0.1) is 0 Å². The van der Waals surface area contributed by atoms with Crippen LogP contribution in [-0.2, 0) is 4.74 Å². The van der Waals surface area contributed by atoms with E-state index in [1.165, 1.54) is 17.2 Å². The number of aliphatic hydroxyl groups excluding tert-OH is 3. The Kier molecular flexibility index (Phi) is 3.26. The van der Waals surface area contributed by atoms with E-state index in [1.54, 1.807) is 0 Å². The summed E-state index contributed by atoms with van der Waals surface area (Å²) in [5.74, 6) is 0.230. The lowest BCUT2D eigenvalue weighted by atomic mass is 10.1. The van der Waals surface area contributed by atoms with Crippen molar-refractivity contribution < 1.29 is 20.1 Å². The second-order valence-electron chi connectivity index (χ2n) is 4.64. The normalized spacial score (nSPS) is 30.1. The Labute approximate surface area is 113 Å². The summed E-state index contributed by atoms with van der Waals surface area (Å²) < 4.78 is 7.08. The molecule has 1 saturated heterocycles. The molecule has 0 radical (unpaired) electrons. The van der Waals surface area contributed by atoms with Crippen LogP contribution in [-0.4, -0.2) is 59.8 Å². The molecule has 0 aliphatic carbocycles. The molecule has 0 bridgehead atoms. The maximum atomic E-state index is 10.1. The summed E-state index contributed by atoms with van der Waals surface area (Å²) in [5, 5.41) is 28.9. The second-order valence-corrected chi connectivity index (χ2v) is 4.64. The molecule has 1 fully saturated rings. The number of nitrogen functional groups attached to an aromatic ring is 1. The Bertz CT molecular complexity index is 618. The highest BCUT2D eigenvalue weighted by Gasteiger charge is 2.43. The molecule has 3 rings (SSSR count). The Morgan fingerprint density at radius 3 is 2.80 bits per heavy atom. The van der Waals surface area contributed by atoms with Gasteiger partial charge in [0.1, 0.15) is 24.1 Å². The highest BCUT2D eigenvalue weighted by Crippen LogP contribution is 2.32. The molecule has 2 aromatic heterocycles. The number of aromatic nitrogens is 4. The van der Waals surface area contributed by atoms with E-state index in [4.69, 9.17) is 15.6 Å². The third kappa shape index (κ3) is 1.91. The van der Waals surface area contributed by atoms with E-state index in [-0.39, 0.29) is 18.8 Å². The third-order valence-corrected chi connectivity index (χ3v) is 3.41. The minimum Gasteiger partial charge on any atom is -0.396 e. The van der Waals surface area contributed by atoms with E-state index < -0.39 is 24.5 Å². The zero-order chi connectivity index (χ0) is 14.3. The van der Waals surface area contributed by atoms with E-state index >= 15 is 0 Å². The van der Waals surface area contributed by atoms with Crippen LogP contribution in [0, 0.1) is 0 Å². The maximum absolute atomic E-state index is 10.1. The van der Waals surface area contributed by atoms with Crippen LogP contribution in [0.1, 0.15) is 12.6 Å². The van der Waals surface area contributed by atoms with E-state index in [2.05, 4.69) is 15.0 Å². The first kappa shape index (κ1) is 13.2. The van der Waals surface area contributed by atoms with Crippen LogP contribution >= 0.6 is 0 Å². The van der Waals surface area contributed by atoms with Crippen LogP contribution in [0.2, 0.25) is 0 Å². The average Bonchev–Trinajstić information content (AvgIpc) is 2.97. The highest BCUT2D eigenvalue weighted by molar-refractivity contribution is 5.81. The largest absolute Gasteiger partial charge is 0.396 e. The van der Waals surface area contributed by atoms with Crippen LogP contribution in [0.25, 0.3) is 11.2 Å². The first-order chi connectivity index (χ1) is 9.63. The summed E-state index contributed by atoms with van der Waals surface area (Å²) in [4.78, 5) is 12.0. The quantitative estimate of drug-likeness (QED) is 0.528. The van der Waals surface area contributed by atoms with Crippen molar-refractivity contribution in [3.8, 4) is 0 Å². The fourth-order valence-electron chi connectivity index (χ4n) is 2.38. The van der Waals surface area contributed by atoms with Crippen molar-refractivity contribution in [3.63, 3.8) is 0 Å². The SMILES string of the molecule is Nc1ncnc2c1ncn2C1OC(CCO)C(O)C1O. The lowest BCUT2D eigenvalue weighted by Crippen LogP contribution is -2.31. The van der Waals surface area contributed by atoms with Crippen molar-refractivity contribution in [1.82, 2.24) is 19.5 Å². The molecule has 0 amide bonds. The topological polar surface area (TPSA) is 140 Å². The van der Waals surface area contributed by atoms with Gasteiger partial charge in [0.2, 0.25) is 0 Å². The van der Waals surface area contributed by atoms with E-state index in [9.17, 15) is 10.2 Å².